The third-order valence-electron chi connectivity index (χ3n) is 5.60. The molecule has 1 aromatic heterocycles. The largest absolute Gasteiger partial charge is 0.348 e. The van der Waals surface area contributed by atoms with Crippen molar-refractivity contribution >= 4 is 5.91 Å². The lowest BCUT2D eigenvalue weighted by atomic mass is 9.90. The average molecular weight is 412 g/mol. The molecule has 3 rings (SSSR count). The van der Waals surface area contributed by atoms with E-state index in [1.165, 1.54) is 12.5 Å². The normalized spacial score (nSPS) is 18.7. The molecule has 0 saturated carbocycles. The van der Waals surface area contributed by atoms with Crippen LogP contribution in [0.5, 0.6) is 0 Å². The maximum atomic E-state index is 13.7. The molecule has 1 aromatic carbocycles. The molecule has 2 atom stereocenters. The van der Waals surface area contributed by atoms with Crippen molar-refractivity contribution in [2.24, 2.45) is 5.41 Å². The predicted octanol–water partition coefficient (Wildman–Crippen LogP) is 5.26. The fraction of sp³-hybridized carbons (Fsp3) is 0.520. The predicted molar refractivity (Wildman–Crippen MR) is 118 cm³/mol. The molecule has 2 heterocycles. The van der Waals surface area contributed by atoms with E-state index >= 15 is 0 Å². The van der Waals surface area contributed by atoms with Crippen LogP contribution in [0.3, 0.4) is 0 Å². The number of hydrogen-bond donors (Lipinski definition) is 1. The van der Waals surface area contributed by atoms with E-state index in [1.54, 1.807) is 18.3 Å². The lowest BCUT2D eigenvalue weighted by Crippen LogP contribution is -2.42. The van der Waals surface area contributed by atoms with Crippen LogP contribution in [-0.4, -0.2) is 28.4 Å². The van der Waals surface area contributed by atoms with Crippen LogP contribution in [0, 0.1) is 11.2 Å². The number of hydrogen-bond acceptors (Lipinski definition) is 3. The van der Waals surface area contributed by atoms with Gasteiger partial charge in [-0.25, -0.2) is 4.39 Å². The molecule has 162 valence electrons. The number of pyridine rings is 1. The van der Waals surface area contributed by atoms with Gasteiger partial charge in [0.15, 0.2) is 0 Å². The van der Waals surface area contributed by atoms with Crippen LogP contribution in [-0.2, 0) is 11.3 Å². The van der Waals surface area contributed by atoms with Crippen LogP contribution >= 0.6 is 0 Å². The lowest BCUT2D eigenvalue weighted by Gasteiger charge is -2.38. The number of benzene rings is 1. The highest BCUT2D eigenvalue weighted by Gasteiger charge is 2.28. The summed E-state index contributed by atoms with van der Waals surface area (Å²) in [6.07, 6.45) is 6.47. The van der Waals surface area contributed by atoms with E-state index in [1.807, 2.05) is 24.3 Å². The maximum absolute atomic E-state index is 13.7. The highest BCUT2D eigenvalue weighted by molar-refractivity contribution is 5.77. The van der Waals surface area contributed by atoms with Crippen LogP contribution in [0.4, 0.5) is 4.39 Å². The van der Waals surface area contributed by atoms with Gasteiger partial charge in [0.05, 0.1) is 11.7 Å². The number of piperidine rings is 1. The Hall–Kier alpha value is -2.27. The van der Waals surface area contributed by atoms with Crippen molar-refractivity contribution in [3.63, 3.8) is 0 Å². The minimum Gasteiger partial charge on any atom is -0.348 e. The number of aromatic nitrogens is 1. The molecule has 1 saturated heterocycles. The SMILES string of the molecule is CC(C)(C)CC(=O)N[C@H](C[C@@H]1CCCCN1Cc1cccc(F)c1)c1ccccn1. The summed E-state index contributed by atoms with van der Waals surface area (Å²) in [5, 5.41) is 3.24. The van der Waals surface area contributed by atoms with E-state index < -0.39 is 0 Å². The Kier molecular flexibility index (Phi) is 7.59. The fourth-order valence-corrected chi connectivity index (χ4v) is 4.24. The highest BCUT2D eigenvalue weighted by atomic mass is 19.1. The number of nitrogens with zero attached hydrogens (tertiary/aromatic N) is 2. The van der Waals surface area contributed by atoms with Crippen molar-refractivity contribution in [3.8, 4) is 0 Å². The first-order valence-corrected chi connectivity index (χ1v) is 11.0. The Bertz CT molecular complexity index is 819. The standard InChI is InChI=1S/C25H34FN3O/c1-25(2,3)17-24(30)28-23(22-12-4-6-13-27-22)16-21-11-5-7-14-29(21)18-19-9-8-10-20(26)15-19/h4,6,8-10,12-13,15,21,23H,5,7,11,14,16-18H2,1-3H3,(H,28,30)/t21-,23+/m0/s1. The summed E-state index contributed by atoms with van der Waals surface area (Å²) >= 11 is 0. The molecule has 30 heavy (non-hydrogen) atoms. The minimum absolute atomic E-state index is 0.0608. The van der Waals surface area contributed by atoms with Gasteiger partial charge in [-0.1, -0.05) is 45.4 Å². The number of rotatable bonds is 7. The first-order chi connectivity index (χ1) is 14.3. The Labute approximate surface area is 179 Å². The zero-order valence-electron chi connectivity index (χ0n) is 18.4. The molecule has 0 unspecified atom stereocenters. The Morgan fingerprint density at radius 1 is 1.23 bits per heavy atom. The summed E-state index contributed by atoms with van der Waals surface area (Å²) in [5.74, 6) is -0.132. The molecular formula is C25H34FN3O. The zero-order chi connectivity index (χ0) is 21.6. The summed E-state index contributed by atoms with van der Waals surface area (Å²) in [5.41, 5.74) is 1.83. The number of likely N-dealkylation sites (tertiary alicyclic amines) is 1. The van der Waals surface area contributed by atoms with Crippen molar-refractivity contribution in [2.75, 3.05) is 6.54 Å². The zero-order valence-corrected chi connectivity index (χ0v) is 18.4. The molecule has 0 spiro atoms. The fourth-order valence-electron chi connectivity index (χ4n) is 4.24. The highest BCUT2D eigenvalue weighted by Crippen LogP contribution is 2.28. The number of amides is 1. The van der Waals surface area contributed by atoms with E-state index in [0.717, 1.165) is 43.6 Å². The summed E-state index contributed by atoms with van der Waals surface area (Å²) in [6.45, 7) is 7.94. The molecule has 1 aliphatic heterocycles. The minimum atomic E-state index is -0.193. The van der Waals surface area contributed by atoms with E-state index in [2.05, 4.69) is 36.0 Å². The second-order valence-corrected chi connectivity index (χ2v) is 9.60. The third-order valence-corrected chi connectivity index (χ3v) is 5.60. The summed E-state index contributed by atoms with van der Waals surface area (Å²) in [6, 6.07) is 12.9. The number of halogens is 1. The van der Waals surface area contributed by atoms with Gasteiger partial charge in [-0.15, -0.1) is 0 Å². The van der Waals surface area contributed by atoms with Gasteiger partial charge in [-0.05, 0) is 61.1 Å². The van der Waals surface area contributed by atoms with Gasteiger partial charge in [-0.2, -0.15) is 0 Å². The summed E-state index contributed by atoms with van der Waals surface area (Å²) in [4.78, 5) is 19.7. The maximum Gasteiger partial charge on any atom is 0.221 e. The van der Waals surface area contributed by atoms with Crippen LogP contribution in [0.2, 0.25) is 0 Å². The quantitative estimate of drug-likeness (QED) is 0.676. The second kappa shape index (κ2) is 10.2. The molecule has 1 amide bonds. The van der Waals surface area contributed by atoms with Crippen LogP contribution in [0.25, 0.3) is 0 Å². The molecule has 1 aliphatic rings. The van der Waals surface area contributed by atoms with Crippen molar-refractivity contribution < 1.29 is 9.18 Å². The van der Waals surface area contributed by atoms with Crippen LogP contribution in [0.15, 0.2) is 48.7 Å². The van der Waals surface area contributed by atoms with Gasteiger partial charge in [-0.3, -0.25) is 14.7 Å². The second-order valence-electron chi connectivity index (χ2n) is 9.60. The molecule has 0 bridgehead atoms. The average Bonchev–Trinajstić information content (AvgIpc) is 2.68. The van der Waals surface area contributed by atoms with Crippen molar-refractivity contribution in [1.82, 2.24) is 15.2 Å². The number of carbonyl (C=O) groups excluding carboxylic acids is 1. The molecule has 0 radical (unpaired) electrons. The number of carbonyl (C=O) groups is 1. The van der Waals surface area contributed by atoms with Gasteiger partial charge in [0.2, 0.25) is 5.91 Å². The topological polar surface area (TPSA) is 45.2 Å². The first kappa shape index (κ1) is 22.4. The first-order valence-electron chi connectivity index (χ1n) is 11.0. The molecule has 1 fully saturated rings. The van der Waals surface area contributed by atoms with E-state index in [-0.39, 0.29) is 23.2 Å². The van der Waals surface area contributed by atoms with E-state index in [0.29, 0.717) is 12.5 Å². The van der Waals surface area contributed by atoms with E-state index in [4.69, 9.17) is 0 Å². The molecule has 2 aromatic rings. The van der Waals surface area contributed by atoms with Crippen LogP contribution < -0.4 is 5.32 Å². The number of nitrogens with one attached hydrogen (secondary N) is 1. The van der Waals surface area contributed by atoms with Gasteiger partial charge in [0, 0.05) is 25.2 Å². The van der Waals surface area contributed by atoms with Crippen molar-refractivity contribution in [2.45, 2.75) is 71.5 Å². The van der Waals surface area contributed by atoms with Gasteiger partial charge >= 0.3 is 0 Å². The summed E-state index contributed by atoms with van der Waals surface area (Å²) in [7, 11) is 0. The molecule has 1 N–H and O–H groups in total. The van der Waals surface area contributed by atoms with Crippen LogP contribution in [0.1, 0.15) is 70.2 Å². The molecule has 4 nitrogen and oxygen atoms in total. The van der Waals surface area contributed by atoms with Gasteiger partial charge in [0.1, 0.15) is 5.82 Å². The third kappa shape index (κ3) is 6.91. The molecule has 0 aliphatic carbocycles. The Morgan fingerprint density at radius 2 is 2.07 bits per heavy atom. The Morgan fingerprint density at radius 3 is 2.77 bits per heavy atom. The Balaban J connectivity index is 1.74. The molecule has 5 heteroatoms. The summed E-state index contributed by atoms with van der Waals surface area (Å²) < 4.78 is 13.7. The van der Waals surface area contributed by atoms with Crippen molar-refractivity contribution in [1.29, 1.82) is 0 Å². The van der Waals surface area contributed by atoms with Crippen molar-refractivity contribution in [3.05, 3.63) is 65.7 Å². The van der Waals surface area contributed by atoms with Gasteiger partial charge in [0.25, 0.3) is 0 Å². The monoisotopic (exact) mass is 411 g/mol. The smallest absolute Gasteiger partial charge is 0.221 e. The van der Waals surface area contributed by atoms with E-state index in [9.17, 15) is 9.18 Å². The van der Waals surface area contributed by atoms with Gasteiger partial charge < -0.3 is 5.32 Å². The molecular weight excluding hydrogens is 377 g/mol. The lowest BCUT2D eigenvalue weighted by molar-refractivity contribution is -0.123.